The predicted octanol–water partition coefficient (Wildman–Crippen LogP) is 5.25. The number of aromatic nitrogens is 1. The molecule has 0 fully saturated rings. The van der Waals surface area contributed by atoms with Crippen LogP contribution >= 0.6 is 0 Å². The second-order valence-electron chi connectivity index (χ2n) is 8.31. The van der Waals surface area contributed by atoms with Crippen molar-refractivity contribution in [3.8, 4) is 34.3 Å². The molecular weight excluding hydrogens is 456 g/mol. The number of nitrogens with zero attached hydrogens (tertiary/aromatic N) is 2. The van der Waals surface area contributed by atoms with E-state index < -0.39 is 0 Å². The van der Waals surface area contributed by atoms with Gasteiger partial charge in [-0.15, -0.1) is 0 Å². The van der Waals surface area contributed by atoms with Crippen molar-refractivity contribution >= 4 is 16.8 Å². The number of benzene rings is 3. The fraction of sp³-hybridized carbons (Fsp3) is 0.241. The third-order valence-corrected chi connectivity index (χ3v) is 6.16. The zero-order valence-electron chi connectivity index (χ0n) is 21.2. The molecule has 0 N–H and O–H groups in total. The van der Waals surface area contributed by atoms with Gasteiger partial charge in [-0.25, -0.2) is 4.98 Å². The van der Waals surface area contributed by atoms with E-state index in [1.165, 1.54) is 0 Å². The van der Waals surface area contributed by atoms with Crippen molar-refractivity contribution in [2.24, 2.45) is 0 Å². The molecule has 0 bridgehead atoms. The number of fused-ring (bicyclic) bond motifs is 1. The Morgan fingerprint density at radius 1 is 0.778 bits per heavy atom. The van der Waals surface area contributed by atoms with Crippen LogP contribution in [0.2, 0.25) is 0 Å². The van der Waals surface area contributed by atoms with Gasteiger partial charge in [-0.1, -0.05) is 24.3 Å². The van der Waals surface area contributed by atoms with Crippen LogP contribution in [0.15, 0.2) is 66.7 Å². The molecule has 186 valence electrons. The van der Waals surface area contributed by atoms with Gasteiger partial charge in [0.2, 0.25) is 0 Å². The average Bonchev–Trinajstić information content (AvgIpc) is 2.94. The summed E-state index contributed by atoms with van der Waals surface area (Å²) in [6.07, 6.45) is 0.675. The van der Waals surface area contributed by atoms with Crippen molar-refractivity contribution in [3.63, 3.8) is 0 Å². The van der Waals surface area contributed by atoms with E-state index in [4.69, 9.17) is 23.9 Å². The van der Waals surface area contributed by atoms with Crippen LogP contribution in [-0.4, -0.2) is 57.8 Å². The summed E-state index contributed by atoms with van der Waals surface area (Å²) in [5.41, 5.74) is 3.92. The molecule has 0 atom stereocenters. The lowest BCUT2D eigenvalue weighted by atomic mass is 10.0. The number of ether oxygens (including phenoxy) is 4. The monoisotopic (exact) mass is 486 g/mol. The number of amides is 1. The van der Waals surface area contributed by atoms with Crippen LogP contribution in [0.5, 0.6) is 23.0 Å². The number of pyridine rings is 1. The van der Waals surface area contributed by atoms with Crippen LogP contribution in [0.3, 0.4) is 0 Å². The molecule has 0 aliphatic heterocycles. The van der Waals surface area contributed by atoms with Crippen molar-refractivity contribution in [2.45, 2.75) is 6.42 Å². The smallest absolute Gasteiger partial charge is 0.254 e. The largest absolute Gasteiger partial charge is 0.493 e. The van der Waals surface area contributed by atoms with Gasteiger partial charge in [-0.2, -0.15) is 0 Å². The SMILES string of the molecule is COc1ccc(CCN(C)C(=O)c2cc(-c3ccc(OC)c(OC)c3)nc3ccccc23)cc1OC. The fourth-order valence-electron chi connectivity index (χ4n) is 4.14. The number of likely N-dealkylation sites (N-methyl/N-ethyl adjacent to an activating group) is 1. The van der Waals surface area contributed by atoms with Gasteiger partial charge in [0.15, 0.2) is 23.0 Å². The first-order valence-electron chi connectivity index (χ1n) is 11.6. The Hall–Kier alpha value is -4.26. The Morgan fingerprint density at radius 3 is 2.11 bits per heavy atom. The summed E-state index contributed by atoms with van der Waals surface area (Å²) in [5.74, 6) is 2.51. The average molecular weight is 487 g/mol. The van der Waals surface area contributed by atoms with Gasteiger partial charge in [0.05, 0.1) is 45.2 Å². The number of hydrogen-bond acceptors (Lipinski definition) is 6. The molecule has 0 saturated carbocycles. The Morgan fingerprint density at radius 2 is 1.42 bits per heavy atom. The predicted molar refractivity (Wildman–Crippen MR) is 140 cm³/mol. The first-order chi connectivity index (χ1) is 17.5. The third-order valence-electron chi connectivity index (χ3n) is 6.16. The third kappa shape index (κ3) is 5.05. The highest BCUT2D eigenvalue weighted by molar-refractivity contribution is 6.07. The highest BCUT2D eigenvalue weighted by Gasteiger charge is 2.18. The molecule has 0 aliphatic rings. The number of methoxy groups -OCH3 is 4. The molecule has 0 aliphatic carbocycles. The van der Waals surface area contributed by atoms with Crippen molar-refractivity contribution < 1.29 is 23.7 Å². The molecule has 0 saturated heterocycles. The lowest BCUT2D eigenvalue weighted by molar-refractivity contribution is 0.0798. The maximum atomic E-state index is 13.6. The standard InChI is InChI=1S/C29H30N2O5/c1-31(15-14-19-10-12-25(33-2)27(16-19)35-4)29(32)22-18-24(30-23-9-7-6-8-21(22)23)20-11-13-26(34-3)28(17-20)36-5/h6-13,16-18H,14-15H2,1-5H3. The molecule has 0 unspecified atom stereocenters. The molecule has 7 heteroatoms. The van der Waals surface area contributed by atoms with E-state index in [1.807, 2.05) is 73.8 Å². The number of rotatable bonds is 9. The van der Waals surface area contributed by atoms with Crippen LogP contribution in [0.4, 0.5) is 0 Å². The first kappa shape index (κ1) is 24.9. The molecule has 36 heavy (non-hydrogen) atoms. The summed E-state index contributed by atoms with van der Waals surface area (Å²) in [6, 6.07) is 20.9. The van der Waals surface area contributed by atoms with Gasteiger partial charge in [0, 0.05) is 24.5 Å². The Balaban J connectivity index is 1.64. The van der Waals surface area contributed by atoms with Crippen LogP contribution in [0.1, 0.15) is 15.9 Å². The summed E-state index contributed by atoms with van der Waals surface area (Å²) in [7, 11) is 8.23. The number of para-hydroxylation sites is 1. The molecule has 4 aromatic rings. The zero-order valence-corrected chi connectivity index (χ0v) is 21.2. The quantitative estimate of drug-likeness (QED) is 0.322. The molecule has 7 nitrogen and oxygen atoms in total. The van der Waals surface area contributed by atoms with Crippen molar-refractivity contribution in [2.75, 3.05) is 42.0 Å². The van der Waals surface area contributed by atoms with Gasteiger partial charge >= 0.3 is 0 Å². The molecule has 1 aromatic heterocycles. The summed E-state index contributed by atoms with van der Waals surface area (Å²) in [5, 5.41) is 0.810. The Bertz CT molecular complexity index is 1390. The van der Waals surface area contributed by atoms with Crippen LogP contribution in [0.25, 0.3) is 22.2 Å². The van der Waals surface area contributed by atoms with E-state index in [9.17, 15) is 4.79 Å². The lowest BCUT2D eigenvalue weighted by Gasteiger charge is -2.19. The van der Waals surface area contributed by atoms with E-state index in [0.29, 0.717) is 47.2 Å². The summed E-state index contributed by atoms with van der Waals surface area (Å²) in [4.78, 5) is 20.2. The van der Waals surface area contributed by atoms with Crippen molar-refractivity contribution in [3.05, 3.63) is 77.9 Å². The molecule has 4 rings (SSSR count). The minimum Gasteiger partial charge on any atom is -0.493 e. The van der Waals surface area contributed by atoms with Crippen molar-refractivity contribution in [1.82, 2.24) is 9.88 Å². The molecule has 0 radical (unpaired) electrons. The minimum absolute atomic E-state index is 0.0733. The zero-order chi connectivity index (χ0) is 25.7. The molecule has 3 aromatic carbocycles. The van der Waals surface area contributed by atoms with E-state index >= 15 is 0 Å². The van der Waals surface area contributed by atoms with Crippen LogP contribution in [0, 0.1) is 0 Å². The van der Waals surface area contributed by atoms with Gasteiger partial charge < -0.3 is 23.8 Å². The fourth-order valence-corrected chi connectivity index (χ4v) is 4.14. The Labute approximate surface area is 211 Å². The second kappa shape index (κ2) is 11.0. The maximum absolute atomic E-state index is 13.6. The van der Waals surface area contributed by atoms with Crippen LogP contribution in [-0.2, 0) is 6.42 Å². The molecule has 1 amide bonds. The normalized spacial score (nSPS) is 10.7. The van der Waals surface area contributed by atoms with Gasteiger partial charge in [-0.3, -0.25) is 4.79 Å². The number of carbonyl (C=O) groups is 1. The Kier molecular flexibility index (Phi) is 7.59. The highest BCUT2D eigenvalue weighted by atomic mass is 16.5. The number of carbonyl (C=O) groups excluding carboxylic acids is 1. The topological polar surface area (TPSA) is 70.1 Å². The van der Waals surface area contributed by atoms with Gasteiger partial charge in [0.1, 0.15) is 0 Å². The first-order valence-corrected chi connectivity index (χ1v) is 11.6. The summed E-state index contributed by atoms with van der Waals surface area (Å²) in [6.45, 7) is 0.538. The molecular formula is C29H30N2O5. The summed E-state index contributed by atoms with van der Waals surface area (Å²) >= 11 is 0. The van der Waals surface area contributed by atoms with E-state index in [1.54, 1.807) is 33.3 Å². The summed E-state index contributed by atoms with van der Waals surface area (Å²) < 4.78 is 21.5. The van der Waals surface area contributed by atoms with E-state index in [-0.39, 0.29) is 5.91 Å². The number of hydrogen-bond donors (Lipinski definition) is 0. The van der Waals surface area contributed by atoms with Gasteiger partial charge in [0.25, 0.3) is 5.91 Å². The van der Waals surface area contributed by atoms with E-state index in [0.717, 1.165) is 22.0 Å². The minimum atomic E-state index is -0.0733. The van der Waals surface area contributed by atoms with Crippen molar-refractivity contribution in [1.29, 1.82) is 0 Å². The lowest BCUT2D eigenvalue weighted by Crippen LogP contribution is -2.29. The molecule has 1 heterocycles. The second-order valence-corrected chi connectivity index (χ2v) is 8.31. The molecule has 0 spiro atoms. The van der Waals surface area contributed by atoms with E-state index in [2.05, 4.69) is 0 Å². The van der Waals surface area contributed by atoms with Gasteiger partial charge in [-0.05, 0) is 54.4 Å². The maximum Gasteiger partial charge on any atom is 0.254 e. The van der Waals surface area contributed by atoms with Crippen LogP contribution < -0.4 is 18.9 Å². The highest BCUT2D eigenvalue weighted by Crippen LogP contribution is 2.33.